The number of ether oxygens (including phenoxy) is 2. The monoisotopic (exact) mass is 279 g/mol. The average molecular weight is 280 g/mol. The number of hydrogen-bond donors (Lipinski definition) is 2. The van der Waals surface area contributed by atoms with Gasteiger partial charge in [0.1, 0.15) is 5.82 Å². The van der Waals surface area contributed by atoms with Crippen molar-refractivity contribution in [2.45, 2.75) is 19.8 Å². The SMILES string of the molecule is CC(C)c1c(-c2cc(N)n[nH]2)cc(Cl)c2c1OCO2. The van der Waals surface area contributed by atoms with Crippen LogP contribution in [0.25, 0.3) is 11.3 Å². The van der Waals surface area contributed by atoms with Crippen molar-refractivity contribution in [2.24, 2.45) is 0 Å². The van der Waals surface area contributed by atoms with Gasteiger partial charge in [-0.3, -0.25) is 5.10 Å². The maximum atomic E-state index is 6.24. The molecule has 100 valence electrons. The summed E-state index contributed by atoms with van der Waals surface area (Å²) >= 11 is 6.24. The van der Waals surface area contributed by atoms with E-state index in [1.807, 2.05) is 6.07 Å². The second-order valence-electron chi connectivity index (χ2n) is 4.75. The minimum absolute atomic E-state index is 0.198. The lowest BCUT2D eigenvalue weighted by molar-refractivity contribution is 0.173. The molecule has 2 aromatic rings. The highest BCUT2D eigenvalue weighted by atomic mass is 35.5. The summed E-state index contributed by atoms with van der Waals surface area (Å²) in [4.78, 5) is 0. The van der Waals surface area contributed by atoms with Gasteiger partial charge in [0, 0.05) is 17.2 Å². The Kier molecular flexibility index (Phi) is 2.78. The summed E-state index contributed by atoms with van der Waals surface area (Å²) in [7, 11) is 0. The molecule has 1 aromatic heterocycles. The van der Waals surface area contributed by atoms with Crippen LogP contribution in [0.1, 0.15) is 25.3 Å². The van der Waals surface area contributed by atoms with E-state index < -0.39 is 0 Å². The molecule has 0 fully saturated rings. The van der Waals surface area contributed by atoms with E-state index in [-0.39, 0.29) is 12.7 Å². The second-order valence-corrected chi connectivity index (χ2v) is 5.15. The molecule has 0 saturated heterocycles. The zero-order chi connectivity index (χ0) is 13.6. The number of H-pyrrole nitrogens is 1. The van der Waals surface area contributed by atoms with E-state index in [2.05, 4.69) is 24.0 Å². The van der Waals surface area contributed by atoms with E-state index >= 15 is 0 Å². The summed E-state index contributed by atoms with van der Waals surface area (Å²) in [6, 6.07) is 3.64. The highest BCUT2D eigenvalue weighted by molar-refractivity contribution is 6.32. The first kappa shape index (κ1) is 12.2. The van der Waals surface area contributed by atoms with E-state index in [1.54, 1.807) is 6.07 Å². The van der Waals surface area contributed by atoms with E-state index in [1.165, 1.54) is 0 Å². The van der Waals surface area contributed by atoms with Crippen molar-refractivity contribution < 1.29 is 9.47 Å². The van der Waals surface area contributed by atoms with Gasteiger partial charge in [-0.05, 0) is 12.0 Å². The third kappa shape index (κ3) is 1.90. The molecule has 0 saturated carbocycles. The van der Waals surface area contributed by atoms with Gasteiger partial charge < -0.3 is 15.2 Å². The smallest absolute Gasteiger partial charge is 0.231 e. The third-order valence-corrected chi connectivity index (χ3v) is 3.38. The Balaban J connectivity index is 2.27. The standard InChI is InChI=1S/C13H14ClN3O2/c1-6(2)11-7(9-4-10(15)17-16-9)3-8(14)12-13(11)19-5-18-12/h3-4,6H,5H2,1-2H3,(H3,15,16,17). The number of rotatable bonds is 2. The molecule has 0 bridgehead atoms. The molecule has 6 heteroatoms. The predicted octanol–water partition coefficient (Wildman–Crippen LogP) is 3.16. The van der Waals surface area contributed by atoms with Crippen molar-refractivity contribution in [2.75, 3.05) is 12.5 Å². The molecular weight excluding hydrogens is 266 g/mol. The molecule has 3 N–H and O–H groups in total. The van der Waals surface area contributed by atoms with Crippen molar-refractivity contribution in [3.63, 3.8) is 0 Å². The largest absolute Gasteiger partial charge is 0.453 e. The summed E-state index contributed by atoms with van der Waals surface area (Å²) in [5.74, 6) is 2.03. The Morgan fingerprint density at radius 3 is 2.68 bits per heavy atom. The maximum absolute atomic E-state index is 6.24. The molecule has 1 aliphatic heterocycles. The van der Waals surface area contributed by atoms with Crippen molar-refractivity contribution >= 4 is 17.4 Å². The maximum Gasteiger partial charge on any atom is 0.231 e. The molecule has 0 radical (unpaired) electrons. The number of fused-ring (bicyclic) bond motifs is 1. The van der Waals surface area contributed by atoms with Gasteiger partial charge in [-0.1, -0.05) is 25.4 Å². The van der Waals surface area contributed by atoms with Crippen LogP contribution in [-0.2, 0) is 0 Å². The molecule has 5 nitrogen and oxygen atoms in total. The number of aromatic amines is 1. The zero-order valence-electron chi connectivity index (χ0n) is 10.7. The van der Waals surface area contributed by atoms with Crippen LogP contribution < -0.4 is 15.2 Å². The molecule has 1 aliphatic rings. The van der Waals surface area contributed by atoms with E-state index in [0.717, 1.165) is 16.8 Å². The average Bonchev–Trinajstić information content (AvgIpc) is 2.96. The number of aromatic nitrogens is 2. The second kappa shape index (κ2) is 4.35. The predicted molar refractivity (Wildman–Crippen MR) is 73.7 cm³/mol. The van der Waals surface area contributed by atoms with Crippen LogP contribution in [0.4, 0.5) is 5.82 Å². The van der Waals surface area contributed by atoms with Crippen LogP contribution in [0.3, 0.4) is 0 Å². The van der Waals surface area contributed by atoms with Gasteiger partial charge in [-0.2, -0.15) is 5.10 Å². The zero-order valence-corrected chi connectivity index (χ0v) is 11.4. The number of nitrogens with zero attached hydrogens (tertiary/aromatic N) is 1. The Labute approximate surface area is 115 Å². The lowest BCUT2D eigenvalue weighted by Gasteiger charge is -2.15. The van der Waals surface area contributed by atoms with Gasteiger partial charge >= 0.3 is 0 Å². The van der Waals surface area contributed by atoms with Crippen LogP contribution in [0.2, 0.25) is 5.02 Å². The molecule has 0 aliphatic carbocycles. The van der Waals surface area contributed by atoms with Crippen LogP contribution in [0.15, 0.2) is 12.1 Å². The number of benzene rings is 1. The Hall–Kier alpha value is -1.88. The summed E-state index contributed by atoms with van der Waals surface area (Å²) in [6.45, 7) is 4.38. The molecule has 1 aromatic carbocycles. The molecule has 2 heterocycles. The van der Waals surface area contributed by atoms with E-state index in [0.29, 0.717) is 22.3 Å². The summed E-state index contributed by atoms with van der Waals surface area (Å²) in [5.41, 5.74) is 8.46. The van der Waals surface area contributed by atoms with Gasteiger partial charge in [-0.25, -0.2) is 0 Å². The fourth-order valence-electron chi connectivity index (χ4n) is 2.32. The van der Waals surface area contributed by atoms with Crippen molar-refractivity contribution in [3.05, 3.63) is 22.7 Å². The lowest BCUT2D eigenvalue weighted by Crippen LogP contribution is -1.97. The Morgan fingerprint density at radius 1 is 1.32 bits per heavy atom. The van der Waals surface area contributed by atoms with Crippen LogP contribution in [0, 0.1) is 0 Å². The van der Waals surface area contributed by atoms with Crippen molar-refractivity contribution in [3.8, 4) is 22.8 Å². The van der Waals surface area contributed by atoms with Crippen LogP contribution >= 0.6 is 11.6 Å². The summed E-state index contributed by atoms with van der Waals surface area (Å²) < 4.78 is 11.0. The van der Waals surface area contributed by atoms with Gasteiger partial charge in [-0.15, -0.1) is 0 Å². The Morgan fingerprint density at radius 2 is 2.05 bits per heavy atom. The summed E-state index contributed by atoms with van der Waals surface area (Å²) in [5, 5.41) is 7.39. The van der Waals surface area contributed by atoms with Crippen LogP contribution in [-0.4, -0.2) is 17.0 Å². The molecular formula is C13H14ClN3O2. The molecule has 0 unspecified atom stereocenters. The number of halogens is 1. The van der Waals surface area contributed by atoms with E-state index in [9.17, 15) is 0 Å². The van der Waals surface area contributed by atoms with Gasteiger partial charge in [0.15, 0.2) is 11.5 Å². The first-order valence-corrected chi connectivity index (χ1v) is 6.39. The fraction of sp³-hybridized carbons (Fsp3) is 0.308. The number of nitrogens with one attached hydrogen (secondary N) is 1. The number of nitrogen functional groups attached to an aromatic ring is 1. The van der Waals surface area contributed by atoms with Crippen molar-refractivity contribution in [1.82, 2.24) is 10.2 Å². The molecule has 0 amide bonds. The number of hydrogen-bond acceptors (Lipinski definition) is 4. The van der Waals surface area contributed by atoms with Crippen LogP contribution in [0.5, 0.6) is 11.5 Å². The lowest BCUT2D eigenvalue weighted by atomic mass is 9.94. The van der Waals surface area contributed by atoms with E-state index in [4.69, 9.17) is 26.8 Å². The summed E-state index contributed by atoms with van der Waals surface area (Å²) in [6.07, 6.45) is 0. The topological polar surface area (TPSA) is 73.2 Å². The highest BCUT2D eigenvalue weighted by Crippen LogP contribution is 2.48. The third-order valence-electron chi connectivity index (χ3n) is 3.10. The Bertz CT molecular complexity index is 637. The van der Waals surface area contributed by atoms with Gasteiger partial charge in [0.2, 0.25) is 6.79 Å². The number of nitrogens with two attached hydrogens (primary N) is 1. The molecule has 0 atom stereocenters. The minimum atomic E-state index is 0.198. The van der Waals surface area contributed by atoms with Gasteiger partial charge in [0.05, 0.1) is 10.7 Å². The quantitative estimate of drug-likeness (QED) is 0.885. The van der Waals surface area contributed by atoms with Gasteiger partial charge in [0.25, 0.3) is 0 Å². The first-order valence-electron chi connectivity index (χ1n) is 6.01. The normalized spacial score (nSPS) is 13.3. The molecule has 3 rings (SSSR count). The first-order chi connectivity index (χ1) is 9.08. The molecule has 0 spiro atoms. The molecule has 19 heavy (non-hydrogen) atoms. The number of anilines is 1. The van der Waals surface area contributed by atoms with Crippen molar-refractivity contribution in [1.29, 1.82) is 0 Å². The highest BCUT2D eigenvalue weighted by Gasteiger charge is 2.27. The fourth-order valence-corrected chi connectivity index (χ4v) is 2.57. The minimum Gasteiger partial charge on any atom is -0.453 e.